The molecule has 3 rings (SSSR count). The van der Waals surface area contributed by atoms with Crippen LogP contribution in [0.4, 0.5) is 5.69 Å². The van der Waals surface area contributed by atoms with E-state index in [1.165, 1.54) is 0 Å². The third-order valence-corrected chi connectivity index (χ3v) is 4.29. The summed E-state index contributed by atoms with van der Waals surface area (Å²) in [7, 11) is 1.54. The zero-order valence-corrected chi connectivity index (χ0v) is 16.8. The van der Waals surface area contributed by atoms with Gasteiger partial charge in [-0.1, -0.05) is 30.3 Å². The molecular formula is C23H23N3O4. The average molecular weight is 405 g/mol. The molecule has 2 amide bonds. The third kappa shape index (κ3) is 5.35. The number of nitrogens with one attached hydrogen (secondary N) is 2. The summed E-state index contributed by atoms with van der Waals surface area (Å²) in [5, 5.41) is 8.56. The maximum Gasteiger partial charge on any atom is 0.249 e. The van der Waals surface area contributed by atoms with Crippen molar-refractivity contribution in [3.8, 4) is 11.5 Å². The number of hydrazone groups is 1. The van der Waals surface area contributed by atoms with Gasteiger partial charge in [0, 0.05) is 22.7 Å². The second-order valence-corrected chi connectivity index (χ2v) is 6.38. The van der Waals surface area contributed by atoms with E-state index in [0.29, 0.717) is 18.0 Å². The molecule has 0 aromatic heterocycles. The SMILES string of the molecule is CCOc1ccc(C=NNC(=O)CC(=O)Nc2cccc(OC)c2)c2ccccc12. The molecule has 0 aliphatic heterocycles. The van der Waals surface area contributed by atoms with Crippen molar-refractivity contribution >= 4 is 34.5 Å². The Balaban J connectivity index is 1.60. The quantitative estimate of drug-likeness (QED) is 0.340. The van der Waals surface area contributed by atoms with Crippen LogP contribution in [-0.4, -0.2) is 31.7 Å². The number of nitrogens with zero attached hydrogens (tertiary/aromatic N) is 1. The number of benzene rings is 3. The molecule has 0 atom stereocenters. The number of hydrogen-bond donors (Lipinski definition) is 2. The van der Waals surface area contributed by atoms with Gasteiger partial charge < -0.3 is 14.8 Å². The van der Waals surface area contributed by atoms with E-state index >= 15 is 0 Å². The highest BCUT2D eigenvalue weighted by Crippen LogP contribution is 2.27. The van der Waals surface area contributed by atoms with Crippen molar-refractivity contribution in [1.82, 2.24) is 5.43 Å². The first-order valence-corrected chi connectivity index (χ1v) is 9.51. The molecule has 7 heteroatoms. The molecule has 0 heterocycles. The van der Waals surface area contributed by atoms with Crippen LogP contribution < -0.4 is 20.2 Å². The van der Waals surface area contributed by atoms with E-state index < -0.39 is 11.8 Å². The highest BCUT2D eigenvalue weighted by molar-refractivity contribution is 6.05. The Morgan fingerprint density at radius 2 is 1.80 bits per heavy atom. The molecular weight excluding hydrogens is 382 g/mol. The average Bonchev–Trinajstić information content (AvgIpc) is 2.75. The predicted molar refractivity (Wildman–Crippen MR) is 117 cm³/mol. The van der Waals surface area contributed by atoms with E-state index in [1.807, 2.05) is 43.3 Å². The van der Waals surface area contributed by atoms with Crippen LogP contribution in [0.15, 0.2) is 65.8 Å². The van der Waals surface area contributed by atoms with Gasteiger partial charge in [-0.3, -0.25) is 9.59 Å². The number of carbonyl (C=O) groups excluding carboxylic acids is 2. The molecule has 0 spiro atoms. The maximum atomic E-state index is 12.1. The Morgan fingerprint density at radius 1 is 1.00 bits per heavy atom. The lowest BCUT2D eigenvalue weighted by atomic mass is 10.0. The minimum atomic E-state index is -0.512. The lowest BCUT2D eigenvalue weighted by Crippen LogP contribution is -2.24. The maximum absolute atomic E-state index is 12.1. The fourth-order valence-electron chi connectivity index (χ4n) is 2.95. The van der Waals surface area contributed by atoms with Gasteiger partial charge >= 0.3 is 0 Å². The van der Waals surface area contributed by atoms with Gasteiger partial charge in [-0.05, 0) is 36.6 Å². The number of hydrogen-bond acceptors (Lipinski definition) is 5. The van der Waals surface area contributed by atoms with Crippen LogP contribution in [0.3, 0.4) is 0 Å². The van der Waals surface area contributed by atoms with Gasteiger partial charge in [-0.25, -0.2) is 5.43 Å². The van der Waals surface area contributed by atoms with Crippen LogP contribution in [0.25, 0.3) is 10.8 Å². The summed E-state index contributed by atoms with van der Waals surface area (Å²) in [4.78, 5) is 24.1. The number of methoxy groups -OCH3 is 1. The van der Waals surface area contributed by atoms with Crippen molar-refractivity contribution in [2.45, 2.75) is 13.3 Å². The molecule has 2 N–H and O–H groups in total. The second-order valence-electron chi connectivity index (χ2n) is 6.38. The van der Waals surface area contributed by atoms with Crippen LogP contribution in [0.2, 0.25) is 0 Å². The number of rotatable bonds is 8. The highest BCUT2D eigenvalue weighted by atomic mass is 16.5. The van der Waals surface area contributed by atoms with E-state index in [4.69, 9.17) is 9.47 Å². The molecule has 0 saturated heterocycles. The summed E-state index contributed by atoms with van der Waals surface area (Å²) >= 11 is 0. The molecule has 0 aliphatic carbocycles. The van der Waals surface area contributed by atoms with Crippen molar-refractivity contribution in [3.05, 3.63) is 66.2 Å². The number of carbonyl (C=O) groups is 2. The molecule has 0 unspecified atom stereocenters. The molecule has 0 saturated carbocycles. The monoisotopic (exact) mass is 405 g/mol. The predicted octanol–water partition coefficient (Wildman–Crippen LogP) is 3.73. The third-order valence-electron chi connectivity index (χ3n) is 4.29. The molecule has 3 aromatic carbocycles. The van der Waals surface area contributed by atoms with Gasteiger partial charge in [0.05, 0.1) is 19.9 Å². The van der Waals surface area contributed by atoms with E-state index in [1.54, 1.807) is 37.6 Å². The number of amides is 2. The summed E-state index contributed by atoms with van der Waals surface area (Å²) in [5.74, 6) is 0.456. The Morgan fingerprint density at radius 3 is 2.57 bits per heavy atom. The minimum absolute atomic E-state index is 0.349. The molecule has 0 radical (unpaired) electrons. The first-order valence-electron chi connectivity index (χ1n) is 9.51. The molecule has 3 aromatic rings. The molecule has 0 aliphatic rings. The van der Waals surface area contributed by atoms with Crippen LogP contribution in [0, 0.1) is 0 Å². The Hall–Kier alpha value is -3.87. The normalized spacial score (nSPS) is 10.7. The Labute approximate surface area is 174 Å². The largest absolute Gasteiger partial charge is 0.497 e. The summed E-state index contributed by atoms with van der Waals surface area (Å²) in [6.45, 7) is 2.51. The van der Waals surface area contributed by atoms with E-state index in [-0.39, 0.29) is 6.42 Å². The molecule has 154 valence electrons. The van der Waals surface area contributed by atoms with Crippen molar-refractivity contribution in [3.63, 3.8) is 0 Å². The van der Waals surface area contributed by atoms with E-state index in [2.05, 4.69) is 15.8 Å². The first-order chi connectivity index (χ1) is 14.6. The van der Waals surface area contributed by atoms with Crippen LogP contribution in [0.1, 0.15) is 18.9 Å². The highest BCUT2D eigenvalue weighted by Gasteiger charge is 2.10. The lowest BCUT2D eigenvalue weighted by Gasteiger charge is -2.09. The Kier molecular flexibility index (Phi) is 7.00. The zero-order chi connectivity index (χ0) is 21.3. The van der Waals surface area contributed by atoms with E-state index in [9.17, 15) is 9.59 Å². The van der Waals surface area contributed by atoms with Gasteiger partial charge in [-0.2, -0.15) is 5.10 Å². The molecule has 30 heavy (non-hydrogen) atoms. The minimum Gasteiger partial charge on any atom is -0.497 e. The summed E-state index contributed by atoms with van der Waals surface area (Å²) in [6, 6.07) is 18.4. The van der Waals surface area contributed by atoms with Gasteiger partial charge in [-0.15, -0.1) is 0 Å². The summed E-state index contributed by atoms with van der Waals surface area (Å²) in [6.07, 6.45) is 1.20. The fourth-order valence-corrected chi connectivity index (χ4v) is 2.95. The van der Waals surface area contributed by atoms with Crippen molar-refractivity contribution in [2.24, 2.45) is 5.10 Å². The topological polar surface area (TPSA) is 89.0 Å². The standard InChI is InChI=1S/C23H23N3O4/c1-3-30-21-12-11-16(19-9-4-5-10-20(19)21)15-24-26-23(28)14-22(27)25-17-7-6-8-18(13-17)29-2/h4-13,15H,3,14H2,1-2H3,(H,25,27)(H,26,28). The van der Waals surface area contributed by atoms with Crippen LogP contribution in [0.5, 0.6) is 11.5 Å². The smallest absolute Gasteiger partial charge is 0.249 e. The number of anilines is 1. The summed E-state index contributed by atoms with van der Waals surface area (Å²) in [5.41, 5.74) is 3.77. The van der Waals surface area contributed by atoms with E-state index in [0.717, 1.165) is 22.1 Å². The fraction of sp³-hybridized carbons (Fsp3) is 0.174. The van der Waals surface area contributed by atoms with Gasteiger partial charge in [0.2, 0.25) is 11.8 Å². The lowest BCUT2D eigenvalue weighted by molar-refractivity contribution is -0.126. The molecule has 0 fully saturated rings. The molecule has 7 nitrogen and oxygen atoms in total. The second kappa shape index (κ2) is 10.1. The first kappa shape index (κ1) is 20.9. The number of fused-ring (bicyclic) bond motifs is 1. The zero-order valence-electron chi connectivity index (χ0n) is 16.8. The summed E-state index contributed by atoms with van der Waals surface area (Å²) < 4.78 is 10.8. The number of ether oxygens (including phenoxy) is 2. The van der Waals surface area contributed by atoms with Gasteiger partial charge in [0.1, 0.15) is 17.9 Å². The van der Waals surface area contributed by atoms with Crippen LogP contribution >= 0.6 is 0 Å². The van der Waals surface area contributed by atoms with Gasteiger partial charge in [0.25, 0.3) is 0 Å². The van der Waals surface area contributed by atoms with Gasteiger partial charge in [0.15, 0.2) is 0 Å². The van der Waals surface area contributed by atoms with Crippen molar-refractivity contribution in [2.75, 3.05) is 19.0 Å². The molecule has 0 bridgehead atoms. The van der Waals surface area contributed by atoms with Crippen molar-refractivity contribution in [1.29, 1.82) is 0 Å². The Bertz CT molecular complexity index is 1080. The van der Waals surface area contributed by atoms with Crippen molar-refractivity contribution < 1.29 is 19.1 Å². The van der Waals surface area contributed by atoms with Crippen LogP contribution in [-0.2, 0) is 9.59 Å².